The van der Waals surface area contributed by atoms with Crippen molar-refractivity contribution in [1.82, 2.24) is 15.5 Å². The van der Waals surface area contributed by atoms with Crippen LogP contribution in [-0.4, -0.2) is 69.9 Å². The lowest BCUT2D eigenvalue weighted by Crippen LogP contribution is -2.39. The predicted octanol–water partition coefficient (Wildman–Crippen LogP) is 2.27. The molecule has 26 heavy (non-hydrogen) atoms. The molecule has 7 heteroatoms. The molecule has 0 aromatic heterocycles. The first kappa shape index (κ1) is 23.0. The lowest BCUT2D eigenvalue weighted by atomic mass is 10.2. The first-order chi connectivity index (χ1) is 12.3. The molecule has 0 spiro atoms. The summed E-state index contributed by atoms with van der Waals surface area (Å²) in [6.07, 6.45) is 1.07. The van der Waals surface area contributed by atoms with E-state index in [4.69, 9.17) is 9.47 Å². The van der Waals surface area contributed by atoms with Crippen molar-refractivity contribution in [2.75, 3.05) is 59.1 Å². The third-order valence-corrected chi connectivity index (χ3v) is 4.00. The summed E-state index contributed by atoms with van der Waals surface area (Å²) >= 11 is 0. The Bertz CT molecular complexity index is 522. The molecule has 1 aliphatic heterocycles. The molecule has 0 atom stereocenters. The smallest absolute Gasteiger partial charge is 0.191 e. The third-order valence-electron chi connectivity index (χ3n) is 4.00. The van der Waals surface area contributed by atoms with Crippen molar-refractivity contribution in [3.63, 3.8) is 0 Å². The summed E-state index contributed by atoms with van der Waals surface area (Å²) in [6.45, 7) is 12.0. The summed E-state index contributed by atoms with van der Waals surface area (Å²) in [5, 5.41) is 6.60. The molecule has 1 saturated heterocycles. The number of guanidine groups is 1. The highest BCUT2D eigenvalue weighted by atomic mass is 127. The molecule has 148 valence electrons. The summed E-state index contributed by atoms with van der Waals surface area (Å²) in [5.74, 6) is 1.77. The van der Waals surface area contributed by atoms with E-state index in [0.29, 0.717) is 6.61 Å². The maximum atomic E-state index is 5.76. The van der Waals surface area contributed by atoms with E-state index >= 15 is 0 Å². The van der Waals surface area contributed by atoms with E-state index in [1.54, 1.807) is 0 Å². The number of hydrogen-bond acceptors (Lipinski definition) is 4. The fourth-order valence-electron chi connectivity index (χ4n) is 2.70. The minimum absolute atomic E-state index is 0. The molecule has 0 unspecified atom stereocenters. The van der Waals surface area contributed by atoms with Crippen molar-refractivity contribution in [1.29, 1.82) is 0 Å². The number of rotatable bonds is 9. The van der Waals surface area contributed by atoms with Gasteiger partial charge in [-0.25, -0.2) is 0 Å². The average Bonchev–Trinajstić information content (AvgIpc) is 2.63. The highest BCUT2D eigenvalue weighted by Crippen LogP contribution is 2.11. The van der Waals surface area contributed by atoms with Crippen LogP contribution in [0.25, 0.3) is 0 Å². The average molecular weight is 476 g/mol. The second kappa shape index (κ2) is 14.1. The number of nitrogens with zero attached hydrogens (tertiary/aromatic N) is 2. The third kappa shape index (κ3) is 9.59. The van der Waals surface area contributed by atoms with Crippen LogP contribution in [0.15, 0.2) is 29.3 Å². The summed E-state index contributed by atoms with van der Waals surface area (Å²) in [6, 6.07) is 8.11. The summed E-state index contributed by atoms with van der Waals surface area (Å²) in [5.41, 5.74) is 1.21. The zero-order valence-corrected chi connectivity index (χ0v) is 18.3. The molecule has 1 heterocycles. The fraction of sp³-hybridized carbons (Fsp3) is 0.632. The predicted molar refractivity (Wildman–Crippen MR) is 118 cm³/mol. The minimum Gasteiger partial charge on any atom is -0.492 e. The summed E-state index contributed by atoms with van der Waals surface area (Å²) in [7, 11) is 0. The molecule has 0 saturated carbocycles. The molecule has 0 aliphatic carbocycles. The van der Waals surface area contributed by atoms with E-state index in [0.717, 1.165) is 70.6 Å². The van der Waals surface area contributed by atoms with Gasteiger partial charge in [-0.05, 0) is 38.0 Å². The van der Waals surface area contributed by atoms with Gasteiger partial charge in [-0.2, -0.15) is 0 Å². The van der Waals surface area contributed by atoms with Crippen LogP contribution in [0.3, 0.4) is 0 Å². The van der Waals surface area contributed by atoms with Gasteiger partial charge in [-0.15, -0.1) is 24.0 Å². The number of aryl methyl sites for hydroxylation is 1. The van der Waals surface area contributed by atoms with Gasteiger partial charge in [-0.1, -0.05) is 12.1 Å². The van der Waals surface area contributed by atoms with Gasteiger partial charge in [0.25, 0.3) is 0 Å². The van der Waals surface area contributed by atoms with Gasteiger partial charge in [0.2, 0.25) is 0 Å². The molecule has 1 fully saturated rings. The lowest BCUT2D eigenvalue weighted by Gasteiger charge is -2.26. The number of benzene rings is 1. The molecule has 2 rings (SSSR count). The maximum absolute atomic E-state index is 5.76. The minimum atomic E-state index is 0. The Morgan fingerprint density at radius 2 is 2.08 bits per heavy atom. The van der Waals surface area contributed by atoms with E-state index < -0.39 is 0 Å². The molecule has 1 aromatic rings. The fourth-order valence-corrected chi connectivity index (χ4v) is 2.70. The molecule has 1 aliphatic rings. The molecule has 1 aromatic carbocycles. The van der Waals surface area contributed by atoms with Crippen LogP contribution in [0.5, 0.6) is 5.75 Å². The SMILES string of the molecule is CCNC(=NCCCN1CCOCC1)NCCOc1cccc(C)c1.I. The Hall–Kier alpha value is -1.06. The Balaban J connectivity index is 0.00000338. The number of aliphatic imine (C=N–C) groups is 1. The molecular formula is C19H33IN4O2. The quantitative estimate of drug-likeness (QED) is 0.248. The van der Waals surface area contributed by atoms with E-state index in [1.807, 2.05) is 18.2 Å². The van der Waals surface area contributed by atoms with Gasteiger partial charge < -0.3 is 20.1 Å². The highest BCUT2D eigenvalue weighted by Gasteiger charge is 2.08. The van der Waals surface area contributed by atoms with Crippen LogP contribution in [0.4, 0.5) is 0 Å². The van der Waals surface area contributed by atoms with E-state index in [-0.39, 0.29) is 24.0 Å². The van der Waals surface area contributed by atoms with Crippen LogP contribution in [0.2, 0.25) is 0 Å². The normalized spacial score (nSPS) is 15.2. The number of halogens is 1. The van der Waals surface area contributed by atoms with Crippen LogP contribution in [-0.2, 0) is 4.74 Å². The number of morpholine rings is 1. The summed E-state index contributed by atoms with van der Waals surface area (Å²) in [4.78, 5) is 7.08. The second-order valence-corrected chi connectivity index (χ2v) is 6.16. The van der Waals surface area contributed by atoms with Crippen molar-refractivity contribution < 1.29 is 9.47 Å². The van der Waals surface area contributed by atoms with Crippen LogP contribution >= 0.6 is 24.0 Å². The lowest BCUT2D eigenvalue weighted by molar-refractivity contribution is 0.0377. The van der Waals surface area contributed by atoms with Crippen molar-refractivity contribution in [3.05, 3.63) is 29.8 Å². The number of ether oxygens (including phenoxy) is 2. The largest absolute Gasteiger partial charge is 0.492 e. The Labute approximate surface area is 174 Å². The maximum Gasteiger partial charge on any atom is 0.191 e. The molecule has 0 bridgehead atoms. The highest BCUT2D eigenvalue weighted by molar-refractivity contribution is 14.0. The molecule has 2 N–H and O–H groups in total. The van der Waals surface area contributed by atoms with Crippen molar-refractivity contribution >= 4 is 29.9 Å². The standard InChI is InChI=1S/C19H32N4O2.HI/c1-3-20-19(21-8-5-10-23-11-14-24-15-12-23)22-9-13-25-18-7-4-6-17(2)16-18;/h4,6-7,16H,3,5,8-15H2,1-2H3,(H2,20,21,22);1H. The Morgan fingerprint density at radius 3 is 2.81 bits per heavy atom. The first-order valence-corrected chi connectivity index (χ1v) is 9.29. The molecule has 6 nitrogen and oxygen atoms in total. The molecule has 0 radical (unpaired) electrons. The van der Waals surface area contributed by atoms with E-state index in [9.17, 15) is 0 Å². The Kier molecular flexibility index (Phi) is 12.4. The second-order valence-electron chi connectivity index (χ2n) is 6.16. The van der Waals surface area contributed by atoms with Gasteiger partial charge in [0.05, 0.1) is 19.8 Å². The zero-order valence-electron chi connectivity index (χ0n) is 16.0. The van der Waals surface area contributed by atoms with Crippen LogP contribution < -0.4 is 15.4 Å². The number of nitrogens with one attached hydrogen (secondary N) is 2. The summed E-state index contributed by atoms with van der Waals surface area (Å²) < 4.78 is 11.1. The molecule has 0 amide bonds. The van der Waals surface area contributed by atoms with E-state index in [2.05, 4.69) is 40.4 Å². The Morgan fingerprint density at radius 1 is 1.27 bits per heavy atom. The van der Waals surface area contributed by atoms with Gasteiger partial charge in [0, 0.05) is 32.7 Å². The van der Waals surface area contributed by atoms with Gasteiger partial charge in [-0.3, -0.25) is 9.89 Å². The first-order valence-electron chi connectivity index (χ1n) is 9.29. The van der Waals surface area contributed by atoms with Gasteiger partial charge >= 0.3 is 0 Å². The van der Waals surface area contributed by atoms with Crippen LogP contribution in [0, 0.1) is 6.92 Å². The van der Waals surface area contributed by atoms with Crippen molar-refractivity contribution in [2.45, 2.75) is 20.3 Å². The molecular weight excluding hydrogens is 443 g/mol. The van der Waals surface area contributed by atoms with Gasteiger partial charge in [0.1, 0.15) is 12.4 Å². The van der Waals surface area contributed by atoms with Gasteiger partial charge in [0.15, 0.2) is 5.96 Å². The van der Waals surface area contributed by atoms with Crippen molar-refractivity contribution in [2.24, 2.45) is 4.99 Å². The zero-order chi connectivity index (χ0) is 17.7. The van der Waals surface area contributed by atoms with E-state index in [1.165, 1.54) is 5.56 Å². The monoisotopic (exact) mass is 476 g/mol. The van der Waals surface area contributed by atoms with Crippen LogP contribution in [0.1, 0.15) is 18.9 Å². The topological polar surface area (TPSA) is 58.1 Å². The van der Waals surface area contributed by atoms with Crippen molar-refractivity contribution in [3.8, 4) is 5.75 Å². The number of hydrogen-bond donors (Lipinski definition) is 2.